The zero-order chi connectivity index (χ0) is 14.8. The first-order chi connectivity index (χ1) is 9.43. The van der Waals surface area contributed by atoms with Gasteiger partial charge >= 0.3 is 0 Å². The number of hydrogen-bond donors (Lipinski definition) is 1. The van der Waals surface area contributed by atoms with Crippen LogP contribution in [0.3, 0.4) is 0 Å². The van der Waals surface area contributed by atoms with Crippen LogP contribution in [0.25, 0.3) is 0 Å². The van der Waals surface area contributed by atoms with Crippen molar-refractivity contribution in [1.82, 2.24) is 24.1 Å². The summed E-state index contributed by atoms with van der Waals surface area (Å²) in [5.74, 6) is 0.374. The zero-order valence-corrected chi connectivity index (χ0v) is 12.3. The molecule has 1 N–H and O–H groups in total. The molecule has 108 valence electrons. The first-order valence-electron chi connectivity index (χ1n) is 5.87. The maximum Gasteiger partial charge on any atom is 0.246 e. The van der Waals surface area contributed by atoms with Crippen LogP contribution in [0.15, 0.2) is 29.7 Å². The smallest absolute Gasteiger partial charge is 0.246 e. The van der Waals surface area contributed by atoms with E-state index >= 15 is 0 Å². The van der Waals surface area contributed by atoms with E-state index < -0.39 is 10.0 Å². The number of sulfonamides is 1. The molecule has 0 unspecified atom stereocenters. The molecule has 9 heteroatoms. The predicted octanol–water partition coefficient (Wildman–Crippen LogP) is 0.0725. The lowest BCUT2D eigenvalue weighted by Gasteiger charge is -2.15. The Kier molecular flexibility index (Phi) is 4.00. The largest absolute Gasteiger partial charge is 0.357 e. The van der Waals surface area contributed by atoms with E-state index in [1.54, 1.807) is 31.2 Å². The Bertz CT molecular complexity index is 679. The minimum atomic E-state index is -3.61. The van der Waals surface area contributed by atoms with Gasteiger partial charge in [-0.05, 0) is 0 Å². The van der Waals surface area contributed by atoms with Gasteiger partial charge < -0.3 is 5.32 Å². The monoisotopic (exact) mass is 296 g/mol. The van der Waals surface area contributed by atoms with E-state index in [1.165, 1.54) is 23.7 Å². The molecule has 2 aromatic heterocycles. The number of aromatic nitrogens is 4. The molecule has 2 aromatic rings. The van der Waals surface area contributed by atoms with Gasteiger partial charge in [-0.25, -0.2) is 18.4 Å². The summed E-state index contributed by atoms with van der Waals surface area (Å²) >= 11 is 0. The van der Waals surface area contributed by atoms with Gasteiger partial charge in [-0.2, -0.15) is 9.40 Å². The van der Waals surface area contributed by atoms with Crippen molar-refractivity contribution in [3.05, 3.63) is 30.4 Å². The summed E-state index contributed by atoms with van der Waals surface area (Å²) in [7, 11) is 1.34. The maximum absolute atomic E-state index is 12.3. The van der Waals surface area contributed by atoms with Crippen LogP contribution in [0, 0.1) is 0 Å². The maximum atomic E-state index is 12.3. The van der Waals surface area contributed by atoms with Crippen LogP contribution in [0.5, 0.6) is 0 Å². The minimum absolute atomic E-state index is 0.0582. The molecule has 0 aromatic carbocycles. The second kappa shape index (κ2) is 5.55. The van der Waals surface area contributed by atoms with Crippen LogP contribution in [-0.4, -0.2) is 46.6 Å². The number of rotatable bonds is 5. The van der Waals surface area contributed by atoms with E-state index in [9.17, 15) is 8.42 Å². The van der Waals surface area contributed by atoms with E-state index in [0.29, 0.717) is 5.95 Å². The molecule has 0 fully saturated rings. The lowest BCUT2D eigenvalue weighted by atomic mass is 10.4. The highest BCUT2D eigenvalue weighted by atomic mass is 32.2. The van der Waals surface area contributed by atoms with Crippen molar-refractivity contribution < 1.29 is 8.42 Å². The summed E-state index contributed by atoms with van der Waals surface area (Å²) in [6.07, 6.45) is 5.97. The fraction of sp³-hybridized carbons (Fsp3) is 0.364. The van der Waals surface area contributed by atoms with Crippen LogP contribution in [-0.2, 0) is 23.6 Å². The van der Waals surface area contributed by atoms with Gasteiger partial charge in [-0.1, -0.05) is 0 Å². The SMILES string of the molecule is CNc1ncc(S(=O)(=O)N(C)Cc2cnn(C)c2)cn1. The van der Waals surface area contributed by atoms with Crippen molar-refractivity contribution >= 4 is 16.0 Å². The van der Waals surface area contributed by atoms with Crippen LogP contribution >= 0.6 is 0 Å². The second-order valence-corrected chi connectivity index (χ2v) is 6.32. The molecule has 0 aliphatic carbocycles. The van der Waals surface area contributed by atoms with Crippen molar-refractivity contribution in [2.24, 2.45) is 7.05 Å². The Morgan fingerprint density at radius 2 is 1.95 bits per heavy atom. The molecule has 0 amide bonds. The number of anilines is 1. The van der Waals surface area contributed by atoms with Gasteiger partial charge in [0.1, 0.15) is 4.90 Å². The number of aryl methyl sites for hydroxylation is 1. The van der Waals surface area contributed by atoms with E-state index in [-0.39, 0.29) is 11.4 Å². The second-order valence-electron chi connectivity index (χ2n) is 4.28. The fourth-order valence-corrected chi connectivity index (χ4v) is 2.70. The molecule has 2 heterocycles. The summed E-state index contributed by atoms with van der Waals surface area (Å²) in [6, 6.07) is 0. The molecular formula is C11H16N6O2S. The first-order valence-corrected chi connectivity index (χ1v) is 7.31. The van der Waals surface area contributed by atoms with Gasteiger partial charge in [-0.3, -0.25) is 4.68 Å². The van der Waals surface area contributed by atoms with Crippen LogP contribution in [0.1, 0.15) is 5.56 Å². The van der Waals surface area contributed by atoms with Crippen molar-refractivity contribution in [2.75, 3.05) is 19.4 Å². The number of nitrogens with one attached hydrogen (secondary N) is 1. The third kappa shape index (κ3) is 2.94. The molecule has 0 saturated carbocycles. The van der Waals surface area contributed by atoms with Gasteiger partial charge in [0, 0.05) is 39.4 Å². The summed E-state index contributed by atoms with van der Waals surface area (Å²) in [5.41, 5.74) is 0.811. The Morgan fingerprint density at radius 3 is 2.45 bits per heavy atom. The molecule has 2 rings (SSSR count). The Balaban J connectivity index is 2.19. The number of nitrogens with zero attached hydrogens (tertiary/aromatic N) is 5. The lowest BCUT2D eigenvalue weighted by molar-refractivity contribution is 0.466. The summed E-state index contributed by atoms with van der Waals surface area (Å²) in [5, 5.41) is 6.75. The van der Waals surface area contributed by atoms with Crippen molar-refractivity contribution in [3.8, 4) is 0 Å². The summed E-state index contributed by atoms with van der Waals surface area (Å²) < 4.78 is 27.5. The molecule has 0 saturated heterocycles. The average Bonchev–Trinajstić information content (AvgIpc) is 2.84. The van der Waals surface area contributed by atoms with Crippen LogP contribution in [0.4, 0.5) is 5.95 Å². The van der Waals surface area contributed by atoms with Crippen molar-refractivity contribution in [1.29, 1.82) is 0 Å². The summed E-state index contributed by atoms with van der Waals surface area (Å²) in [4.78, 5) is 7.88. The highest BCUT2D eigenvalue weighted by molar-refractivity contribution is 7.89. The molecular weight excluding hydrogens is 280 g/mol. The molecule has 0 radical (unpaired) electrons. The topological polar surface area (TPSA) is 93.0 Å². The van der Waals surface area contributed by atoms with E-state index in [1.807, 2.05) is 0 Å². The highest BCUT2D eigenvalue weighted by Crippen LogP contribution is 2.15. The van der Waals surface area contributed by atoms with Gasteiger partial charge in [0.05, 0.1) is 18.6 Å². The lowest BCUT2D eigenvalue weighted by Crippen LogP contribution is -2.26. The molecule has 0 atom stereocenters. The molecule has 0 spiro atoms. The third-order valence-corrected chi connectivity index (χ3v) is 4.48. The molecule has 20 heavy (non-hydrogen) atoms. The van der Waals surface area contributed by atoms with E-state index in [0.717, 1.165) is 5.56 Å². The normalized spacial score (nSPS) is 11.8. The zero-order valence-electron chi connectivity index (χ0n) is 11.5. The molecule has 8 nitrogen and oxygen atoms in total. The minimum Gasteiger partial charge on any atom is -0.357 e. The Morgan fingerprint density at radius 1 is 1.30 bits per heavy atom. The molecule has 0 aliphatic rings. The van der Waals surface area contributed by atoms with Gasteiger partial charge in [-0.15, -0.1) is 0 Å². The average molecular weight is 296 g/mol. The van der Waals surface area contributed by atoms with Gasteiger partial charge in [0.2, 0.25) is 16.0 Å². The highest BCUT2D eigenvalue weighted by Gasteiger charge is 2.22. The third-order valence-electron chi connectivity index (χ3n) is 2.72. The van der Waals surface area contributed by atoms with Crippen LogP contribution in [0.2, 0.25) is 0 Å². The summed E-state index contributed by atoms with van der Waals surface area (Å²) in [6.45, 7) is 0.240. The van der Waals surface area contributed by atoms with Crippen molar-refractivity contribution in [2.45, 2.75) is 11.4 Å². The quantitative estimate of drug-likeness (QED) is 0.839. The molecule has 0 bridgehead atoms. The first kappa shape index (κ1) is 14.4. The standard InChI is InChI=1S/C11H16N6O2S/c1-12-11-13-5-10(6-14-11)20(18,19)17(3)8-9-4-15-16(2)7-9/h4-7H,8H2,1-3H3,(H,12,13,14). The van der Waals surface area contributed by atoms with E-state index in [4.69, 9.17) is 0 Å². The van der Waals surface area contributed by atoms with Crippen molar-refractivity contribution in [3.63, 3.8) is 0 Å². The predicted molar refractivity (Wildman–Crippen MR) is 73.4 cm³/mol. The van der Waals surface area contributed by atoms with E-state index in [2.05, 4.69) is 20.4 Å². The fourth-order valence-electron chi connectivity index (χ4n) is 1.65. The number of hydrogen-bond acceptors (Lipinski definition) is 6. The van der Waals surface area contributed by atoms with Gasteiger partial charge in [0.15, 0.2) is 0 Å². The van der Waals surface area contributed by atoms with Gasteiger partial charge in [0.25, 0.3) is 0 Å². The van der Waals surface area contributed by atoms with Crippen LogP contribution < -0.4 is 5.32 Å². The Labute approximate surface area is 117 Å². The molecule has 0 aliphatic heterocycles. The Hall–Kier alpha value is -2.00.